The van der Waals surface area contributed by atoms with Gasteiger partial charge in [-0.1, -0.05) is 18.6 Å². The van der Waals surface area contributed by atoms with E-state index in [0.29, 0.717) is 36.6 Å². The number of likely N-dealkylation sites (tertiary alicyclic amines) is 1. The maximum absolute atomic E-state index is 12.7. The number of esters is 1. The number of carbonyl (C=O) groups excluding carboxylic acids is 1. The Kier molecular flexibility index (Phi) is 7.75. The van der Waals surface area contributed by atoms with Crippen LogP contribution in [0, 0.1) is 0 Å². The first-order chi connectivity index (χ1) is 16.8. The van der Waals surface area contributed by atoms with Crippen molar-refractivity contribution in [3.8, 4) is 17.2 Å². The molecule has 1 aliphatic rings. The third-order valence-electron chi connectivity index (χ3n) is 6.03. The predicted molar refractivity (Wildman–Crippen MR) is 123 cm³/mol. The van der Waals surface area contributed by atoms with Crippen LogP contribution in [0.2, 0.25) is 0 Å². The van der Waals surface area contributed by atoms with Crippen molar-refractivity contribution in [2.45, 2.75) is 44.4 Å². The zero-order valence-corrected chi connectivity index (χ0v) is 19.4. The molecule has 1 unspecified atom stereocenters. The molecular formula is C26H27F3N2O4. The van der Waals surface area contributed by atoms with E-state index in [1.165, 1.54) is 25.5 Å². The maximum atomic E-state index is 12.7. The summed E-state index contributed by atoms with van der Waals surface area (Å²) in [5.74, 6) is 0.795. The number of hydrogen-bond donors (Lipinski definition) is 0. The first-order valence-corrected chi connectivity index (χ1v) is 11.5. The highest BCUT2D eigenvalue weighted by molar-refractivity contribution is 5.75. The number of alkyl halides is 3. The molecule has 0 radical (unpaired) electrons. The van der Waals surface area contributed by atoms with Crippen LogP contribution in [0.15, 0.2) is 59.2 Å². The van der Waals surface area contributed by atoms with E-state index in [0.717, 1.165) is 43.5 Å². The Bertz CT molecular complexity index is 1110. The van der Waals surface area contributed by atoms with Crippen molar-refractivity contribution < 1.29 is 31.9 Å². The third-order valence-corrected chi connectivity index (χ3v) is 6.03. The zero-order chi connectivity index (χ0) is 24.8. The summed E-state index contributed by atoms with van der Waals surface area (Å²) in [5, 5.41) is 0. The van der Waals surface area contributed by atoms with E-state index in [-0.39, 0.29) is 17.9 Å². The van der Waals surface area contributed by atoms with Crippen LogP contribution < -0.4 is 4.74 Å². The average molecular weight is 489 g/mol. The van der Waals surface area contributed by atoms with Gasteiger partial charge in [0.25, 0.3) is 0 Å². The summed E-state index contributed by atoms with van der Waals surface area (Å²) in [4.78, 5) is 18.5. The average Bonchev–Trinajstić information content (AvgIpc) is 3.33. The number of carbonyl (C=O) groups is 1. The van der Waals surface area contributed by atoms with Gasteiger partial charge in [0.05, 0.1) is 25.0 Å². The van der Waals surface area contributed by atoms with Gasteiger partial charge in [-0.3, -0.25) is 9.69 Å². The molecule has 0 bridgehead atoms. The standard InChI is InChI=1S/C26H27F3N2O4/c1-33-25(32)23-4-2-3-14-31(23)16-18-5-11-22(12-6-18)34-15-13-21-17-35-24(30-21)19-7-9-20(10-8-19)26(27,28)29/h5-12,17,23H,2-4,13-16H2,1H3. The molecule has 0 spiro atoms. The van der Waals surface area contributed by atoms with Crippen LogP contribution in [0.4, 0.5) is 13.2 Å². The van der Waals surface area contributed by atoms with Gasteiger partial charge in [0.15, 0.2) is 0 Å². The highest BCUT2D eigenvalue weighted by Crippen LogP contribution is 2.31. The lowest BCUT2D eigenvalue weighted by Gasteiger charge is -2.33. The van der Waals surface area contributed by atoms with Gasteiger partial charge in [-0.25, -0.2) is 4.98 Å². The Morgan fingerprint density at radius 2 is 1.86 bits per heavy atom. The summed E-state index contributed by atoms with van der Waals surface area (Å²) >= 11 is 0. The molecule has 0 amide bonds. The van der Waals surface area contributed by atoms with Gasteiger partial charge < -0.3 is 13.9 Å². The maximum Gasteiger partial charge on any atom is 0.416 e. The molecule has 6 nitrogen and oxygen atoms in total. The normalized spacial score (nSPS) is 16.7. The molecule has 35 heavy (non-hydrogen) atoms. The number of rotatable bonds is 8. The van der Waals surface area contributed by atoms with Gasteiger partial charge in [-0.05, 0) is 61.3 Å². The Morgan fingerprint density at radius 3 is 2.54 bits per heavy atom. The summed E-state index contributed by atoms with van der Waals surface area (Å²) < 4.78 is 54.3. The molecule has 0 aliphatic carbocycles. The number of hydrogen-bond acceptors (Lipinski definition) is 6. The van der Waals surface area contributed by atoms with E-state index in [2.05, 4.69) is 9.88 Å². The molecule has 1 atom stereocenters. The fourth-order valence-corrected chi connectivity index (χ4v) is 4.14. The number of benzene rings is 2. The van der Waals surface area contributed by atoms with E-state index >= 15 is 0 Å². The number of methoxy groups -OCH3 is 1. The number of aromatic nitrogens is 1. The second-order valence-electron chi connectivity index (χ2n) is 8.47. The quantitative estimate of drug-likeness (QED) is 0.390. The Labute approximate surface area is 201 Å². The number of oxazole rings is 1. The Hall–Kier alpha value is -3.33. The fourth-order valence-electron chi connectivity index (χ4n) is 4.14. The van der Waals surface area contributed by atoms with Crippen LogP contribution in [0.25, 0.3) is 11.5 Å². The lowest BCUT2D eigenvalue weighted by molar-refractivity contribution is -0.148. The summed E-state index contributed by atoms with van der Waals surface area (Å²) in [6, 6.07) is 12.3. The molecular weight excluding hydrogens is 461 g/mol. The molecule has 186 valence electrons. The minimum Gasteiger partial charge on any atom is -0.493 e. The third kappa shape index (κ3) is 6.42. The zero-order valence-electron chi connectivity index (χ0n) is 19.4. The number of ether oxygens (including phenoxy) is 2. The van der Waals surface area contributed by atoms with Gasteiger partial charge in [-0.2, -0.15) is 13.2 Å². The predicted octanol–water partition coefficient (Wildman–Crippen LogP) is 5.51. The molecule has 2 heterocycles. The molecule has 1 fully saturated rings. The lowest BCUT2D eigenvalue weighted by atomic mass is 10.0. The van der Waals surface area contributed by atoms with Crippen molar-refractivity contribution in [1.82, 2.24) is 9.88 Å². The molecule has 3 aromatic rings. The number of halogens is 3. The summed E-state index contributed by atoms with van der Waals surface area (Å²) in [5.41, 5.74) is 1.50. The van der Waals surface area contributed by atoms with Crippen molar-refractivity contribution in [2.75, 3.05) is 20.3 Å². The minimum absolute atomic E-state index is 0.181. The highest BCUT2D eigenvalue weighted by Gasteiger charge is 2.30. The monoisotopic (exact) mass is 488 g/mol. The Balaban J connectivity index is 1.27. The molecule has 4 rings (SSSR count). The van der Waals surface area contributed by atoms with Gasteiger partial charge >= 0.3 is 12.1 Å². The molecule has 0 N–H and O–H groups in total. The van der Waals surface area contributed by atoms with Gasteiger partial charge in [0, 0.05) is 18.5 Å². The van der Waals surface area contributed by atoms with Gasteiger partial charge in [0.1, 0.15) is 18.1 Å². The van der Waals surface area contributed by atoms with Gasteiger partial charge in [-0.15, -0.1) is 0 Å². The van der Waals surface area contributed by atoms with E-state index in [9.17, 15) is 18.0 Å². The topological polar surface area (TPSA) is 64.8 Å². The fraction of sp³-hybridized carbons (Fsp3) is 0.385. The van der Waals surface area contributed by atoms with Gasteiger partial charge in [0.2, 0.25) is 5.89 Å². The van der Waals surface area contributed by atoms with Crippen molar-refractivity contribution in [3.05, 3.63) is 71.6 Å². The second-order valence-corrected chi connectivity index (χ2v) is 8.47. The van der Waals surface area contributed by atoms with Crippen molar-refractivity contribution in [3.63, 3.8) is 0 Å². The van der Waals surface area contributed by atoms with E-state index in [1.54, 1.807) is 0 Å². The van der Waals surface area contributed by atoms with Crippen LogP contribution in [-0.4, -0.2) is 42.2 Å². The summed E-state index contributed by atoms with van der Waals surface area (Å²) in [6.07, 6.45) is 0.499. The van der Waals surface area contributed by atoms with E-state index in [4.69, 9.17) is 13.9 Å². The summed E-state index contributed by atoms with van der Waals surface area (Å²) in [7, 11) is 1.43. The van der Waals surface area contributed by atoms with Crippen LogP contribution in [-0.2, 0) is 28.7 Å². The van der Waals surface area contributed by atoms with Crippen LogP contribution in [0.5, 0.6) is 5.75 Å². The molecule has 2 aromatic carbocycles. The first-order valence-electron chi connectivity index (χ1n) is 11.5. The van der Waals surface area contributed by atoms with Crippen molar-refractivity contribution in [2.24, 2.45) is 0 Å². The van der Waals surface area contributed by atoms with Crippen LogP contribution >= 0.6 is 0 Å². The highest BCUT2D eigenvalue weighted by atomic mass is 19.4. The molecule has 1 saturated heterocycles. The summed E-state index contributed by atoms with van der Waals surface area (Å²) in [6.45, 7) is 1.91. The minimum atomic E-state index is -4.38. The van der Waals surface area contributed by atoms with Crippen LogP contribution in [0.1, 0.15) is 36.1 Å². The second kappa shape index (κ2) is 10.9. The van der Waals surface area contributed by atoms with Crippen molar-refractivity contribution in [1.29, 1.82) is 0 Å². The van der Waals surface area contributed by atoms with Crippen molar-refractivity contribution >= 4 is 5.97 Å². The van der Waals surface area contributed by atoms with Crippen LogP contribution in [0.3, 0.4) is 0 Å². The lowest BCUT2D eigenvalue weighted by Crippen LogP contribution is -2.44. The molecule has 9 heteroatoms. The molecule has 1 aliphatic heterocycles. The first kappa shape index (κ1) is 24.8. The van der Waals surface area contributed by atoms with E-state index in [1.807, 2.05) is 24.3 Å². The molecule has 0 saturated carbocycles. The number of nitrogens with zero attached hydrogens (tertiary/aromatic N) is 2. The number of piperidine rings is 1. The molecule has 1 aromatic heterocycles. The smallest absolute Gasteiger partial charge is 0.416 e. The Morgan fingerprint density at radius 1 is 1.11 bits per heavy atom. The van der Waals surface area contributed by atoms with E-state index < -0.39 is 11.7 Å². The largest absolute Gasteiger partial charge is 0.493 e. The SMILES string of the molecule is COC(=O)C1CCCCN1Cc1ccc(OCCc2coc(-c3ccc(C(F)(F)F)cc3)n2)cc1.